The lowest BCUT2D eigenvalue weighted by Crippen LogP contribution is -2.30. The highest BCUT2D eigenvalue weighted by Crippen LogP contribution is 2.30. The van der Waals surface area contributed by atoms with Gasteiger partial charge in [-0.3, -0.25) is 9.59 Å². The number of carboxylic acid groups (broad SMARTS) is 1. The summed E-state index contributed by atoms with van der Waals surface area (Å²) in [6.07, 6.45) is 6.42. The van der Waals surface area contributed by atoms with Gasteiger partial charge in [0.25, 0.3) is 5.91 Å². The van der Waals surface area contributed by atoms with E-state index >= 15 is 0 Å². The standard InChI is InChI=1S/C17H15N5O4/c1-10-12(7-19-15(16(10)25)17(26)20-8-14(23)24)11-6-21-22(9-11)13-4-2-3-5-18-13/h2-7,9,25H,8H2,1H3,(H,20,26)(H,23,24). The van der Waals surface area contributed by atoms with Crippen LogP contribution in [-0.2, 0) is 4.79 Å². The predicted octanol–water partition coefficient (Wildman–Crippen LogP) is 1.16. The van der Waals surface area contributed by atoms with E-state index in [2.05, 4.69) is 20.4 Å². The Hall–Kier alpha value is -3.75. The van der Waals surface area contributed by atoms with E-state index in [0.717, 1.165) is 0 Å². The number of nitrogens with zero attached hydrogens (tertiary/aromatic N) is 4. The fourth-order valence-electron chi connectivity index (χ4n) is 2.37. The normalized spacial score (nSPS) is 10.5. The third kappa shape index (κ3) is 3.36. The Morgan fingerprint density at radius 2 is 2.04 bits per heavy atom. The number of aliphatic carboxylic acids is 1. The molecule has 9 nitrogen and oxygen atoms in total. The predicted molar refractivity (Wildman–Crippen MR) is 91.0 cm³/mol. The van der Waals surface area contributed by atoms with Crippen LogP contribution in [-0.4, -0.2) is 48.4 Å². The number of rotatable bonds is 5. The molecule has 0 aliphatic carbocycles. The first-order valence-electron chi connectivity index (χ1n) is 7.62. The summed E-state index contributed by atoms with van der Waals surface area (Å²) in [4.78, 5) is 30.6. The molecule has 3 N–H and O–H groups in total. The van der Waals surface area contributed by atoms with Gasteiger partial charge in [0.2, 0.25) is 0 Å². The molecule has 3 heterocycles. The van der Waals surface area contributed by atoms with Gasteiger partial charge in [-0.25, -0.2) is 14.6 Å². The molecule has 0 radical (unpaired) electrons. The van der Waals surface area contributed by atoms with Gasteiger partial charge in [-0.2, -0.15) is 5.10 Å². The minimum absolute atomic E-state index is 0.232. The highest BCUT2D eigenvalue weighted by molar-refractivity contribution is 5.97. The van der Waals surface area contributed by atoms with E-state index in [-0.39, 0.29) is 11.4 Å². The number of carboxylic acids is 1. The lowest BCUT2D eigenvalue weighted by Gasteiger charge is -2.09. The maximum Gasteiger partial charge on any atom is 0.322 e. The summed E-state index contributed by atoms with van der Waals surface area (Å²) >= 11 is 0. The molecule has 1 amide bonds. The Morgan fingerprint density at radius 1 is 1.23 bits per heavy atom. The zero-order valence-corrected chi connectivity index (χ0v) is 13.7. The topological polar surface area (TPSA) is 130 Å². The van der Waals surface area contributed by atoms with Crippen LogP contribution in [0.1, 0.15) is 16.1 Å². The summed E-state index contributed by atoms with van der Waals surface area (Å²) < 4.78 is 1.58. The fraction of sp³-hybridized carbons (Fsp3) is 0.118. The minimum Gasteiger partial charge on any atom is -0.505 e. The molecule has 3 aromatic heterocycles. The van der Waals surface area contributed by atoms with Crippen molar-refractivity contribution in [3.05, 3.63) is 54.2 Å². The first-order chi connectivity index (χ1) is 12.5. The number of aromatic hydroxyl groups is 1. The van der Waals surface area contributed by atoms with Gasteiger partial charge in [-0.1, -0.05) is 6.07 Å². The van der Waals surface area contributed by atoms with Crippen LogP contribution in [0.5, 0.6) is 5.75 Å². The molecule has 132 valence electrons. The molecule has 26 heavy (non-hydrogen) atoms. The number of hydrogen-bond donors (Lipinski definition) is 3. The van der Waals surface area contributed by atoms with Gasteiger partial charge < -0.3 is 15.5 Å². The van der Waals surface area contributed by atoms with E-state index in [9.17, 15) is 14.7 Å². The third-order valence-corrected chi connectivity index (χ3v) is 3.70. The van der Waals surface area contributed by atoms with Crippen molar-refractivity contribution in [2.75, 3.05) is 6.54 Å². The van der Waals surface area contributed by atoms with Crippen LogP contribution in [0.3, 0.4) is 0 Å². The summed E-state index contributed by atoms with van der Waals surface area (Å²) in [7, 11) is 0. The van der Waals surface area contributed by atoms with Gasteiger partial charge in [0, 0.05) is 35.3 Å². The molecule has 3 rings (SSSR count). The molecule has 0 saturated heterocycles. The van der Waals surface area contributed by atoms with Gasteiger partial charge in [0.15, 0.2) is 11.5 Å². The van der Waals surface area contributed by atoms with Crippen molar-refractivity contribution < 1.29 is 19.8 Å². The van der Waals surface area contributed by atoms with Crippen molar-refractivity contribution >= 4 is 11.9 Å². The molecule has 0 unspecified atom stereocenters. The molecule has 0 atom stereocenters. The quantitative estimate of drug-likeness (QED) is 0.627. The molecule has 0 saturated carbocycles. The summed E-state index contributed by atoms with van der Waals surface area (Å²) in [6, 6.07) is 5.44. The Labute approximate surface area is 148 Å². The van der Waals surface area contributed by atoms with Crippen molar-refractivity contribution in [2.45, 2.75) is 6.92 Å². The highest BCUT2D eigenvalue weighted by atomic mass is 16.4. The number of aromatic nitrogens is 4. The summed E-state index contributed by atoms with van der Waals surface area (Å²) in [5, 5.41) is 25.3. The molecular weight excluding hydrogens is 338 g/mol. The summed E-state index contributed by atoms with van der Waals surface area (Å²) in [5.74, 6) is -1.62. The van der Waals surface area contributed by atoms with Gasteiger partial charge in [-0.15, -0.1) is 0 Å². The van der Waals surface area contributed by atoms with E-state index in [1.165, 1.54) is 6.20 Å². The van der Waals surface area contributed by atoms with Crippen LogP contribution >= 0.6 is 0 Å². The van der Waals surface area contributed by atoms with Crippen LogP contribution in [0.25, 0.3) is 16.9 Å². The lowest BCUT2D eigenvalue weighted by atomic mass is 10.0. The van der Waals surface area contributed by atoms with E-state index in [1.807, 2.05) is 6.07 Å². The average molecular weight is 353 g/mol. The zero-order valence-electron chi connectivity index (χ0n) is 13.7. The number of carbonyl (C=O) groups is 2. The van der Waals surface area contributed by atoms with E-state index < -0.39 is 18.4 Å². The lowest BCUT2D eigenvalue weighted by molar-refractivity contribution is -0.135. The third-order valence-electron chi connectivity index (χ3n) is 3.70. The molecule has 0 aliphatic rings. The van der Waals surface area contributed by atoms with Crippen LogP contribution < -0.4 is 5.32 Å². The van der Waals surface area contributed by atoms with E-state index in [1.54, 1.807) is 42.3 Å². The van der Waals surface area contributed by atoms with Crippen molar-refractivity contribution in [1.82, 2.24) is 25.1 Å². The molecule has 3 aromatic rings. The molecule has 9 heteroatoms. The Morgan fingerprint density at radius 3 is 2.73 bits per heavy atom. The number of amides is 1. The molecule has 0 spiro atoms. The van der Waals surface area contributed by atoms with Gasteiger partial charge >= 0.3 is 5.97 Å². The fourth-order valence-corrected chi connectivity index (χ4v) is 2.37. The van der Waals surface area contributed by atoms with Crippen LogP contribution in [0, 0.1) is 6.92 Å². The molecular formula is C17H15N5O4. The van der Waals surface area contributed by atoms with Crippen LogP contribution in [0.2, 0.25) is 0 Å². The molecule has 0 aromatic carbocycles. The monoisotopic (exact) mass is 353 g/mol. The largest absolute Gasteiger partial charge is 0.505 e. The molecule has 0 bridgehead atoms. The Balaban J connectivity index is 1.90. The number of nitrogens with one attached hydrogen (secondary N) is 1. The smallest absolute Gasteiger partial charge is 0.322 e. The second kappa shape index (κ2) is 7.01. The molecule has 0 aliphatic heterocycles. The van der Waals surface area contributed by atoms with Crippen LogP contribution in [0.15, 0.2) is 43.0 Å². The van der Waals surface area contributed by atoms with Gasteiger partial charge in [0.05, 0.1) is 6.20 Å². The van der Waals surface area contributed by atoms with E-state index in [4.69, 9.17) is 5.11 Å². The van der Waals surface area contributed by atoms with Gasteiger partial charge in [-0.05, 0) is 19.1 Å². The first-order valence-corrected chi connectivity index (χ1v) is 7.62. The minimum atomic E-state index is -1.19. The maximum absolute atomic E-state index is 11.9. The number of pyridine rings is 2. The number of hydrogen-bond acceptors (Lipinski definition) is 6. The zero-order chi connectivity index (χ0) is 18.7. The van der Waals surface area contributed by atoms with E-state index in [0.29, 0.717) is 22.5 Å². The maximum atomic E-state index is 11.9. The Bertz CT molecular complexity index is 969. The average Bonchev–Trinajstić information content (AvgIpc) is 3.12. The highest BCUT2D eigenvalue weighted by Gasteiger charge is 2.19. The second-order valence-corrected chi connectivity index (χ2v) is 5.43. The van der Waals surface area contributed by atoms with Crippen molar-refractivity contribution in [3.8, 4) is 22.7 Å². The summed E-state index contributed by atoms with van der Waals surface area (Å²) in [6.45, 7) is 1.08. The number of carbonyl (C=O) groups excluding carboxylic acids is 1. The first kappa shape index (κ1) is 17.1. The van der Waals surface area contributed by atoms with Crippen LogP contribution in [0.4, 0.5) is 0 Å². The Kier molecular flexibility index (Phi) is 4.61. The molecule has 0 fully saturated rings. The van der Waals surface area contributed by atoms with Crippen molar-refractivity contribution in [3.63, 3.8) is 0 Å². The second-order valence-electron chi connectivity index (χ2n) is 5.43. The van der Waals surface area contributed by atoms with Crippen molar-refractivity contribution in [1.29, 1.82) is 0 Å². The van der Waals surface area contributed by atoms with Crippen molar-refractivity contribution in [2.24, 2.45) is 0 Å². The SMILES string of the molecule is Cc1c(-c2cnn(-c3ccccn3)c2)cnc(C(=O)NCC(=O)O)c1O. The van der Waals surface area contributed by atoms with Gasteiger partial charge in [0.1, 0.15) is 12.3 Å². The summed E-state index contributed by atoms with van der Waals surface area (Å²) in [5.41, 5.74) is 1.48.